The molecule has 0 radical (unpaired) electrons. The number of carbonyl (C=O) groups excluding carboxylic acids is 1. The molecule has 7 nitrogen and oxygen atoms in total. The Kier molecular flexibility index (Phi) is 8.57. The van der Waals surface area contributed by atoms with Gasteiger partial charge in [-0.2, -0.15) is 4.98 Å². The van der Waals surface area contributed by atoms with Crippen molar-refractivity contribution < 1.29 is 14.3 Å². The molecule has 1 atom stereocenters. The summed E-state index contributed by atoms with van der Waals surface area (Å²) < 4.78 is 14.7. The SMILES string of the molecule is CCSc1nc2n(n1)C(c1cc(Br)ccc1OCc1ccc(C(C)(C)C)cc1)C(C(=O)OC(C)C)=C(C)N2. The van der Waals surface area contributed by atoms with Crippen LogP contribution in [0.1, 0.15) is 71.2 Å². The second-order valence-electron chi connectivity index (χ2n) is 10.5. The number of aromatic nitrogens is 3. The third-order valence-corrected chi connectivity index (χ3v) is 7.36. The average Bonchev–Trinajstić information content (AvgIpc) is 3.23. The van der Waals surface area contributed by atoms with Gasteiger partial charge in [-0.1, -0.05) is 79.7 Å². The molecular weight excluding hydrogens is 564 g/mol. The van der Waals surface area contributed by atoms with Crippen molar-refractivity contribution in [2.75, 3.05) is 11.1 Å². The number of carbonyl (C=O) groups is 1. The molecule has 1 aromatic heterocycles. The van der Waals surface area contributed by atoms with Gasteiger partial charge >= 0.3 is 5.97 Å². The van der Waals surface area contributed by atoms with E-state index in [0.29, 0.717) is 34.7 Å². The van der Waals surface area contributed by atoms with Gasteiger partial charge in [-0.25, -0.2) is 9.48 Å². The molecule has 1 aliphatic rings. The maximum absolute atomic E-state index is 13.4. The standard InChI is InChI=1S/C29H35BrN4O3S/c1-8-38-28-32-27-31-18(4)24(26(35)37-17(2)3)25(34(27)33-28)22-15-21(30)13-14-23(22)36-16-19-9-11-20(12-10-19)29(5,6)7/h9-15,17,25H,8,16H2,1-7H3,(H,31,32,33). The van der Waals surface area contributed by atoms with Gasteiger partial charge in [0, 0.05) is 15.7 Å². The molecule has 0 aliphatic carbocycles. The van der Waals surface area contributed by atoms with Crippen LogP contribution in [0.25, 0.3) is 0 Å². The number of thioether (sulfide) groups is 1. The maximum Gasteiger partial charge on any atom is 0.338 e. The molecule has 202 valence electrons. The number of hydrogen-bond donors (Lipinski definition) is 1. The number of anilines is 1. The zero-order valence-corrected chi connectivity index (χ0v) is 25.4. The lowest BCUT2D eigenvalue weighted by Gasteiger charge is -2.29. The molecule has 0 spiro atoms. The quantitative estimate of drug-likeness (QED) is 0.216. The molecule has 1 unspecified atom stereocenters. The minimum absolute atomic E-state index is 0.0862. The number of ether oxygens (including phenoxy) is 2. The topological polar surface area (TPSA) is 78.3 Å². The summed E-state index contributed by atoms with van der Waals surface area (Å²) in [4.78, 5) is 18.1. The first-order chi connectivity index (χ1) is 18.0. The van der Waals surface area contributed by atoms with Crippen molar-refractivity contribution in [3.8, 4) is 5.75 Å². The first-order valence-electron chi connectivity index (χ1n) is 12.8. The van der Waals surface area contributed by atoms with Gasteiger partial charge in [0.05, 0.1) is 11.7 Å². The third kappa shape index (κ3) is 6.26. The van der Waals surface area contributed by atoms with E-state index in [1.54, 1.807) is 16.4 Å². The summed E-state index contributed by atoms with van der Waals surface area (Å²) in [6, 6.07) is 13.7. The van der Waals surface area contributed by atoms with Crippen molar-refractivity contribution in [1.29, 1.82) is 0 Å². The summed E-state index contributed by atoms with van der Waals surface area (Å²) in [7, 11) is 0. The van der Waals surface area contributed by atoms with E-state index in [1.165, 1.54) is 5.56 Å². The lowest BCUT2D eigenvalue weighted by atomic mass is 9.87. The minimum Gasteiger partial charge on any atom is -0.489 e. The Balaban J connectivity index is 1.75. The Morgan fingerprint density at radius 1 is 1.18 bits per heavy atom. The van der Waals surface area contributed by atoms with Gasteiger partial charge in [-0.3, -0.25) is 0 Å². The van der Waals surface area contributed by atoms with Gasteiger partial charge in [0.15, 0.2) is 0 Å². The second-order valence-corrected chi connectivity index (χ2v) is 12.7. The third-order valence-electron chi connectivity index (χ3n) is 6.15. The molecule has 1 aliphatic heterocycles. The number of benzene rings is 2. The summed E-state index contributed by atoms with van der Waals surface area (Å²) in [6.07, 6.45) is -0.263. The molecule has 3 aromatic rings. The molecule has 0 amide bonds. The highest BCUT2D eigenvalue weighted by molar-refractivity contribution is 9.10. The van der Waals surface area contributed by atoms with Gasteiger partial charge in [-0.05, 0) is 61.3 Å². The van der Waals surface area contributed by atoms with E-state index >= 15 is 0 Å². The number of allylic oxidation sites excluding steroid dienone is 1. The van der Waals surface area contributed by atoms with E-state index in [1.807, 2.05) is 39.0 Å². The van der Waals surface area contributed by atoms with E-state index in [0.717, 1.165) is 21.4 Å². The molecule has 4 rings (SSSR count). The Hall–Kier alpha value is -2.78. The zero-order chi connectivity index (χ0) is 27.6. The summed E-state index contributed by atoms with van der Waals surface area (Å²) in [5.41, 5.74) is 4.36. The molecule has 1 N–H and O–H groups in total. The predicted molar refractivity (Wildman–Crippen MR) is 156 cm³/mol. The van der Waals surface area contributed by atoms with Crippen molar-refractivity contribution in [3.63, 3.8) is 0 Å². The highest BCUT2D eigenvalue weighted by Gasteiger charge is 2.37. The fraction of sp³-hybridized carbons (Fsp3) is 0.414. The van der Waals surface area contributed by atoms with Gasteiger partial charge in [0.1, 0.15) is 18.4 Å². The van der Waals surface area contributed by atoms with E-state index in [4.69, 9.17) is 14.6 Å². The fourth-order valence-electron chi connectivity index (χ4n) is 4.28. The number of nitrogens with one attached hydrogen (secondary N) is 1. The van der Waals surface area contributed by atoms with E-state index in [9.17, 15) is 4.79 Å². The summed E-state index contributed by atoms with van der Waals surface area (Å²) in [6.45, 7) is 14.6. The molecular formula is C29H35BrN4O3S. The van der Waals surface area contributed by atoms with Crippen molar-refractivity contribution in [3.05, 3.63) is 74.9 Å². The maximum atomic E-state index is 13.4. The van der Waals surface area contributed by atoms with Crippen LogP contribution in [0.2, 0.25) is 0 Å². The van der Waals surface area contributed by atoms with Crippen LogP contribution >= 0.6 is 27.7 Å². The number of nitrogens with zero attached hydrogens (tertiary/aromatic N) is 3. The summed E-state index contributed by atoms with van der Waals surface area (Å²) in [5, 5.41) is 8.66. The number of halogens is 1. The fourth-order valence-corrected chi connectivity index (χ4v) is 5.21. The average molecular weight is 600 g/mol. The Labute approximate surface area is 237 Å². The predicted octanol–water partition coefficient (Wildman–Crippen LogP) is 7.27. The van der Waals surface area contributed by atoms with Gasteiger partial charge in [0.25, 0.3) is 0 Å². The van der Waals surface area contributed by atoms with Crippen molar-refractivity contribution >= 4 is 39.6 Å². The van der Waals surface area contributed by atoms with Crippen LogP contribution in [0.4, 0.5) is 5.95 Å². The Bertz CT molecular complexity index is 1340. The molecule has 0 fully saturated rings. The van der Waals surface area contributed by atoms with Gasteiger partial charge < -0.3 is 14.8 Å². The van der Waals surface area contributed by atoms with Crippen LogP contribution in [0, 0.1) is 0 Å². The molecule has 2 aromatic carbocycles. The van der Waals surface area contributed by atoms with E-state index < -0.39 is 12.0 Å². The number of hydrogen-bond acceptors (Lipinski definition) is 7. The van der Waals surface area contributed by atoms with Crippen LogP contribution in [-0.2, 0) is 21.6 Å². The Morgan fingerprint density at radius 3 is 2.53 bits per heavy atom. The lowest BCUT2D eigenvalue weighted by molar-refractivity contribution is -0.143. The van der Waals surface area contributed by atoms with Crippen molar-refractivity contribution in [2.24, 2.45) is 0 Å². The lowest BCUT2D eigenvalue weighted by Crippen LogP contribution is -2.31. The smallest absolute Gasteiger partial charge is 0.338 e. The molecule has 0 saturated carbocycles. The molecule has 2 heterocycles. The zero-order valence-electron chi connectivity index (χ0n) is 23.0. The van der Waals surface area contributed by atoms with Crippen molar-refractivity contribution in [1.82, 2.24) is 14.8 Å². The van der Waals surface area contributed by atoms with Crippen LogP contribution in [0.3, 0.4) is 0 Å². The van der Waals surface area contributed by atoms with Crippen LogP contribution in [-0.4, -0.2) is 32.6 Å². The highest BCUT2D eigenvalue weighted by Crippen LogP contribution is 2.41. The first-order valence-corrected chi connectivity index (χ1v) is 14.6. The second kappa shape index (κ2) is 11.5. The number of esters is 1. The molecule has 9 heteroatoms. The normalized spacial score (nSPS) is 15.3. The highest BCUT2D eigenvalue weighted by atomic mass is 79.9. The van der Waals surface area contributed by atoms with Crippen molar-refractivity contribution in [2.45, 2.75) is 77.8 Å². The molecule has 0 bridgehead atoms. The minimum atomic E-state index is -0.577. The van der Waals surface area contributed by atoms with Crippen LogP contribution in [0.15, 0.2) is 63.4 Å². The van der Waals surface area contributed by atoms with Crippen LogP contribution < -0.4 is 10.1 Å². The number of rotatable bonds is 8. The van der Waals surface area contributed by atoms with E-state index in [-0.39, 0.29) is 11.5 Å². The largest absolute Gasteiger partial charge is 0.489 e. The monoisotopic (exact) mass is 598 g/mol. The Morgan fingerprint density at radius 2 is 1.89 bits per heavy atom. The summed E-state index contributed by atoms with van der Waals surface area (Å²) in [5.74, 6) is 1.67. The van der Waals surface area contributed by atoms with E-state index in [2.05, 4.69) is 78.2 Å². The summed E-state index contributed by atoms with van der Waals surface area (Å²) >= 11 is 5.16. The molecule has 38 heavy (non-hydrogen) atoms. The number of fused-ring (bicyclic) bond motifs is 1. The van der Waals surface area contributed by atoms with Crippen LogP contribution in [0.5, 0.6) is 5.75 Å². The van der Waals surface area contributed by atoms with Gasteiger partial charge in [-0.15, -0.1) is 5.10 Å². The van der Waals surface area contributed by atoms with Gasteiger partial charge in [0.2, 0.25) is 11.1 Å². The first kappa shape index (κ1) is 28.2. The molecule has 0 saturated heterocycles.